The predicted molar refractivity (Wildman–Crippen MR) is 174 cm³/mol. The number of rotatable bonds is 6. The standard InChI is InChI=1S/C36H35F3N6O2/c1-3-25-28(38)7-6-22-12-24(46)13-26(29(22)25)31-30(39)32-27(16-40-31)33(44-18-23-8-10-35(4-2,19-44)43-23)42-34(41-32)47-20-36-9-5-11-45(36)17-21(14-36)15-37/h1,6-7,12-13,15-16,23,43,46H,4-5,8-11,14,17-20H2,2H3/b21-15+/t23-,35+,36-/m0/s1/i2D,4D/t4?,23-,35+,36-. The minimum absolute atomic E-state index is 0.0469. The summed E-state index contributed by atoms with van der Waals surface area (Å²) in [6, 6.07) is 5.38. The molecule has 4 saturated heterocycles. The second kappa shape index (κ2) is 11.1. The van der Waals surface area contributed by atoms with Gasteiger partial charge in [0.1, 0.15) is 35.2 Å². The number of nitrogens with one attached hydrogen (secondary N) is 1. The Morgan fingerprint density at radius 3 is 3.02 bits per heavy atom. The highest BCUT2D eigenvalue weighted by molar-refractivity contribution is 6.03. The van der Waals surface area contributed by atoms with E-state index >= 15 is 4.39 Å². The highest BCUT2D eigenvalue weighted by Crippen LogP contribution is 2.43. The third-order valence-electron chi connectivity index (χ3n) is 10.4. The lowest BCUT2D eigenvalue weighted by Gasteiger charge is -2.42. The number of phenolic OH excluding ortho intramolecular Hbond substituents is 1. The van der Waals surface area contributed by atoms with Gasteiger partial charge in [-0.15, -0.1) is 6.42 Å². The molecule has 1 unspecified atom stereocenters. The van der Waals surface area contributed by atoms with E-state index in [1.807, 2.05) is 4.90 Å². The summed E-state index contributed by atoms with van der Waals surface area (Å²) in [5, 5.41) is 15.1. The summed E-state index contributed by atoms with van der Waals surface area (Å²) in [5.41, 5.74) is -0.592. The molecule has 242 valence electrons. The van der Waals surface area contributed by atoms with Crippen LogP contribution in [-0.4, -0.2) is 74.9 Å². The number of aromatic hydroxyl groups is 1. The van der Waals surface area contributed by atoms with Crippen LogP contribution in [0, 0.1) is 24.0 Å². The molecule has 4 aliphatic rings. The lowest BCUT2D eigenvalue weighted by molar-refractivity contribution is 0.108. The van der Waals surface area contributed by atoms with Gasteiger partial charge in [0.05, 0.1) is 22.8 Å². The van der Waals surface area contributed by atoms with Crippen molar-refractivity contribution in [1.82, 2.24) is 25.2 Å². The number of piperazine rings is 1. The molecule has 0 saturated carbocycles. The zero-order valence-electron chi connectivity index (χ0n) is 27.7. The molecule has 0 radical (unpaired) electrons. The SMILES string of the molecule is [2H]CC([2H])[C@@]12CC[C@@H](CN(c3nc(OC[C@@]45CCCN4C/C(=C/F)C5)nc4c(F)c(-c5cc(O)cc6ccc(F)c(C#C)c56)ncc34)C1)N2. The first kappa shape index (κ1) is 27.7. The van der Waals surface area contributed by atoms with Crippen LogP contribution in [-0.2, 0) is 0 Å². The fourth-order valence-electron chi connectivity index (χ4n) is 8.22. The van der Waals surface area contributed by atoms with Crippen LogP contribution < -0.4 is 15.0 Å². The highest BCUT2D eigenvalue weighted by atomic mass is 19.1. The van der Waals surface area contributed by atoms with Gasteiger partial charge in [-0.3, -0.25) is 9.88 Å². The summed E-state index contributed by atoms with van der Waals surface area (Å²) in [6.45, 7) is 2.36. The number of ether oxygens (including phenoxy) is 1. The quantitative estimate of drug-likeness (QED) is 0.248. The van der Waals surface area contributed by atoms with Crippen molar-refractivity contribution in [2.45, 2.75) is 62.5 Å². The van der Waals surface area contributed by atoms with Crippen LogP contribution in [0.2, 0.25) is 0 Å². The van der Waals surface area contributed by atoms with Crippen LogP contribution in [0.4, 0.5) is 19.0 Å². The summed E-state index contributed by atoms with van der Waals surface area (Å²) in [7, 11) is 0. The second-order valence-corrected chi connectivity index (χ2v) is 13.3. The van der Waals surface area contributed by atoms with Crippen molar-refractivity contribution in [3.8, 4) is 35.4 Å². The van der Waals surface area contributed by atoms with Gasteiger partial charge >= 0.3 is 6.01 Å². The Morgan fingerprint density at radius 1 is 1.30 bits per heavy atom. The third kappa shape index (κ3) is 4.80. The fraction of sp³-hybridized carbons (Fsp3) is 0.417. The Bertz CT molecular complexity index is 2080. The van der Waals surface area contributed by atoms with E-state index in [1.165, 1.54) is 30.5 Å². The van der Waals surface area contributed by atoms with E-state index in [2.05, 4.69) is 26.1 Å². The van der Waals surface area contributed by atoms with Gasteiger partial charge in [0.25, 0.3) is 0 Å². The van der Waals surface area contributed by atoms with Crippen molar-refractivity contribution in [3.05, 3.63) is 59.6 Å². The van der Waals surface area contributed by atoms with E-state index in [1.54, 1.807) is 0 Å². The zero-order valence-corrected chi connectivity index (χ0v) is 25.7. The maximum atomic E-state index is 17.0. The lowest BCUT2D eigenvalue weighted by atomic mass is 9.93. The van der Waals surface area contributed by atoms with Crippen molar-refractivity contribution in [1.29, 1.82) is 0 Å². The van der Waals surface area contributed by atoms with Gasteiger partial charge in [-0.25, -0.2) is 13.2 Å². The Kier molecular flexibility index (Phi) is 6.54. The van der Waals surface area contributed by atoms with Gasteiger partial charge in [0.2, 0.25) is 0 Å². The minimum Gasteiger partial charge on any atom is -0.508 e. The first-order chi connectivity index (χ1) is 23.7. The van der Waals surface area contributed by atoms with Crippen LogP contribution in [0.5, 0.6) is 11.8 Å². The van der Waals surface area contributed by atoms with Crippen LogP contribution in [0.1, 0.15) is 53.7 Å². The third-order valence-corrected chi connectivity index (χ3v) is 10.4. The fourth-order valence-corrected chi connectivity index (χ4v) is 8.22. The molecule has 0 aliphatic carbocycles. The molecule has 0 amide bonds. The maximum Gasteiger partial charge on any atom is 0.319 e. The average molecular weight is 643 g/mol. The van der Waals surface area contributed by atoms with E-state index in [0.29, 0.717) is 54.5 Å². The number of terminal acetylenes is 1. The van der Waals surface area contributed by atoms with Gasteiger partial charge in [0.15, 0.2) is 5.82 Å². The van der Waals surface area contributed by atoms with Crippen LogP contribution in [0.15, 0.2) is 42.4 Å². The summed E-state index contributed by atoms with van der Waals surface area (Å²) in [6.07, 6.45) is 11.0. The van der Waals surface area contributed by atoms with E-state index in [-0.39, 0.29) is 59.0 Å². The molecule has 4 atom stereocenters. The molecule has 4 aliphatic heterocycles. The summed E-state index contributed by atoms with van der Waals surface area (Å²) < 4.78 is 68.4. The molecule has 4 fully saturated rings. The van der Waals surface area contributed by atoms with E-state index in [9.17, 15) is 13.9 Å². The predicted octanol–water partition coefficient (Wildman–Crippen LogP) is 6.00. The van der Waals surface area contributed by atoms with Gasteiger partial charge in [0, 0.05) is 51.1 Å². The van der Waals surface area contributed by atoms with Crippen molar-refractivity contribution >= 4 is 27.5 Å². The molecule has 8 nitrogen and oxygen atoms in total. The summed E-state index contributed by atoms with van der Waals surface area (Å²) in [4.78, 5) is 18.1. The Balaban J connectivity index is 1.28. The molecule has 0 spiro atoms. The van der Waals surface area contributed by atoms with Gasteiger partial charge < -0.3 is 20.1 Å². The number of phenols is 1. The first-order valence-corrected chi connectivity index (χ1v) is 15.9. The molecule has 2 bridgehead atoms. The number of anilines is 1. The molecule has 6 heterocycles. The van der Waals surface area contributed by atoms with E-state index in [0.717, 1.165) is 32.2 Å². The smallest absolute Gasteiger partial charge is 0.319 e. The van der Waals surface area contributed by atoms with Crippen LogP contribution in [0.3, 0.4) is 0 Å². The number of benzene rings is 2. The Labute approximate surface area is 273 Å². The summed E-state index contributed by atoms with van der Waals surface area (Å²) in [5.74, 6) is 1.08. The molecule has 47 heavy (non-hydrogen) atoms. The van der Waals surface area contributed by atoms with Crippen molar-refractivity contribution in [3.63, 3.8) is 0 Å². The van der Waals surface area contributed by atoms with Gasteiger partial charge in [-0.05, 0) is 74.2 Å². The molecule has 11 heteroatoms. The number of halogens is 3. The molecule has 4 aromatic rings. The van der Waals surface area contributed by atoms with Gasteiger partial charge in [-0.2, -0.15) is 9.97 Å². The summed E-state index contributed by atoms with van der Waals surface area (Å²) >= 11 is 0. The normalized spacial score (nSPS) is 27.7. The Morgan fingerprint density at radius 2 is 2.19 bits per heavy atom. The Hall–Kier alpha value is -4.40. The largest absolute Gasteiger partial charge is 0.508 e. The number of nitrogens with zero attached hydrogens (tertiary/aromatic N) is 5. The molecular formula is C36H35F3N6O2. The number of fused-ring (bicyclic) bond motifs is 5. The van der Waals surface area contributed by atoms with Crippen LogP contribution in [0.25, 0.3) is 32.9 Å². The molecule has 8 rings (SSSR count). The highest BCUT2D eigenvalue weighted by Gasteiger charge is 2.48. The zero-order chi connectivity index (χ0) is 34.1. The first-order valence-electron chi connectivity index (χ1n) is 17.1. The number of pyridine rings is 1. The molecule has 2 N–H and O–H groups in total. The van der Waals surface area contributed by atoms with Gasteiger partial charge in [-0.1, -0.05) is 18.9 Å². The molecule has 2 aromatic carbocycles. The second-order valence-electron chi connectivity index (χ2n) is 13.3. The maximum absolute atomic E-state index is 17.0. The molecule has 2 aromatic heterocycles. The van der Waals surface area contributed by atoms with Crippen LogP contribution >= 0.6 is 0 Å². The monoisotopic (exact) mass is 642 g/mol. The van der Waals surface area contributed by atoms with Crippen molar-refractivity contribution < 1.29 is 25.8 Å². The number of aromatic nitrogens is 3. The van der Waals surface area contributed by atoms with Crippen molar-refractivity contribution in [2.24, 2.45) is 0 Å². The average Bonchev–Trinajstić information content (AvgIpc) is 3.76. The van der Waals surface area contributed by atoms with E-state index in [4.69, 9.17) is 18.9 Å². The minimum atomic E-state index is -0.827. The lowest BCUT2D eigenvalue weighted by Crippen LogP contribution is -2.59. The molecular weight excluding hydrogens is 605 g/mol. The number of hydrogen-bond acceptors (Lipinski definition) is 8. The topological polar surface area (TPSA) is 86.6 Å². The van der Waals surface area contributed by atoms with E-state index < -0.39 is 29.1 Å². The van der Waals surface area contributed by atoms with Crippen molar-refractivity contribution in [2.75, 3.05) is 37.7 Å². The number of hydrogen-bond donors (Lipinski definition) is 2.